The fourth-order valence-electron chi connectivity index (χ4n) is 3.88. The summed E-state index contributed by atoms with van der Waals surface area (Å²) in [6, 6.07) is 6.96. The summed E-state index contributed by atoms with van der Waals surface area (Å²) in [6.07, 6.45) is 7.31. The third-order valence-electron chi connectivity index (χ3n) is 5.21. The summed E-state index contributed by atoms with van der Waals surface area (Å²) in [7, 11) is 1.76. The van der Waals surface area contributed by atoms with Crippen LogP contribution in [0, 0.1) is 0 Å². The van der Waals surface area contributed by atoms with Crippen molar-refractivity contribution in [3.05, 3.63) is 29.3 Å². The summed E-state index contributed by atoms with van der Waals surface area (Å²) in [6.45, 7) is 3.67. The van der Waals surface area contributed by atoms with Crippen LogP contribution in [-0.4, -0.2) is 50.3 Å². The molecule has 1 aromatic carbocycles. The van der Waals surface area contributed by atoms with Crippen molar-refractivity contribution in [2.75, 3.05) is 38.7 Å². The lowest BCUT2D eigenvalue weighted by Crippen LogP contribution is -2.35. The molecule has 5 heteroatoms. The zero-order valence-electron chi connectivity index (χ0n) is 14.8. The summed E-state index contributed by atoms with van der Waals surface area (Å²) >= 11 is 0. The molecule has 0 saturated carbocycles. The molecule has 0 bridgehead atoms. The molecule has 5 nitrogen and oxygen atoms in total. The van der Waals surface area contributed by atoms with Gasteiger partial charge in [0.15, 0.2) is 5.96 Å². The molecule has 1 aromatic rings. The number of ether oxygens (including phenoxy) is 1. The lowest BCUT2D eigenvalue weighted by Gasteiger charge is -2.23. The van der Waals surface area contributed by atoms with Gasteiger partial charge < -0.3 is 15.8 Å². The quantitative estimate of drug-likeness (QED) is 0.621. The van der Waals surface area contributed by atoms with E-state index in [9.17, 15) is 0 Å². The first-order valence-electron chi connectivity index (χ1n) is 9.18. The molecule has 1 aliphatic heterocycles. The van der Waals surface area contributed by atoms with Crippen LogP contribution in [0.1, 0.15) is 36.8 Å². The first-order chi connectivity index (χ1) is 11.8. The average Bonchev–Trinajstić information content (AvgIpc) is 3.06. The number of aryl methyl sites for hydroxylation is 1. The number of likely N-dealkylation sites (tertiary alicyclic amines) is 1. The highest BCUT2D eigenvalue weighted by Crippen LogP contribution is 2.27. The van der Waals surface area contributed by atoms with Crippen LogP contribution in [0.15, 0.2) is 23.2 Å². The van der Waals surface area contributed by atoms with Crippen LogP contribution in [0.2, 0.25) is 0 Å². The van der Waals surface area contributed by atoms with Crippen molar-refractivity contribution in [2.45, 2.75) is 44.6 Å². The standard InChI is InChI=1S/C19H30N4O/c1-24-13-12-23-11-5-8-16(23)14-21-19(20)22-18-10-4-7-15-6-2-3-9-17(15)18/h4,7,10,16H,2-3,5-6,8-9,11-14H2,1H3,(H3,20,21,22). The summed E-state index contributed by atoms with van der Waals surface area (Å²) in [5.74, 6) is 0.535. The highest BCUT2D eigenvalue weighted by molar-refractivity contribution is 5.93. The third kappa shape index (κ3) is 4.28. The Bertz CT molecular complexity index is 572. The number of nitrogens with one attached hydrogen (secondary N) is 1. The largest absolute Gasteiger partial charge is 0.383 e. The number of benzene rings is 1. The maximum atomic E-state index is 6.16. The second-order valence-electron chi connectivity index (χ2n) is 6.83. The maximum absolute atomic E-state index is 6.16. The minimum Gasteiger partial charge on any atom is -0.383 e. The minimum atomic E-state index is 0.491. The predicted octanol–water partition coefficient (Wildman–Crippen LogP) is 2.40. The summed E-state index contributed by atoms with van der Waals surface area (Å²) in [5, 5.41) is 3.34. The Kier molecular flexibility index (Phi) is 6.10. The second-order valence-corrected chi connectivity index (χ2v) is 6.83. The average molecular weight is 330 g/mol. The van der Waals surface area contributed by atoms with E-state index in [-0.39, 0.29) is 0 Å². The molecular formula is C19H30N4O. The van der Waals surface area contributed by atoms with Crippen molar-refractivity contribution in [3.8, 4) is 0 Å². The maximum Gasteiger partial charge on any atom is 0.193 e. The zero-order chi connectivity index (χ0) is 16.8. The number of rotatable bonds is 6. The lowest BCUT2D eigenvalue weighted by atomic mass is 9.90. The number of aliphatic imine (C=N–C) groups is 1. The van der Waals surface area contributed by atoms with Gasteiger partial charge in [0.1, 0.15) is 0 Å². The van der Waals surface area contributed by atoms with Crippen LogP contribution in [0.4, 0.5) is 5.69 Å². The van der Waals surface area contributed by atoms with E-state index in [0.717, 1.165) is 38.3 Å². The van der Waals surface area contributed by atoms with Crippen molar-refractivity contribution in [1.29, 1.82) is 0 Å². The van der Waals surface area contributed by atoms with E-state index in [2.05, 4.69) is 33.4 Å². The van der Waals surface area contributed by atoms with E-state index in [1.807, 2.05) is 0 Å². The molecule has 24 heavy (non-hydrogen) atoms. The molecule has 3 rings (SSSR count). The van der Waals surface area contributed by atoms with Gasteiger partial charge in [0.05, 0.1) is 13.2 Å². The van der Waals surface area contributed by atoms with Crippen LogP contribution < -0.4 is 11.1 Å². The first-order valence-corrected chi connectivity index (χ1v) is 9.18. The van der Waals surface area contributed by atoms with E-state index in [1.165, 1.54) is 43.2 Å². The van der Waals surface area contributed by atoms with Crippen LogP contribution in [0.3, 0.4) is 0 Å². The van der Waals surface area contributed by atoms with Gasteiger partial charge in [-0.3, -0.25) is 9.89 Å². The number of methoxy groups -OCH3 is 1. The molecule has 132 valence electrons. The smallest absolute Gasteiger partial charge is 0.193 e. The van der Waals surface area contributed by atoms with Gasteiger partial charge in [-0.25, -0.2) is 0 Å². The van der Waals surface area contributed by atoms with Crippen LogP contribution in [0.25, 0.3) is 0 Å². The number of anilines is 1. The van der Waals surface area contributed by atoms with Crippen molar-refractivity contribution in [3.63, 3.8) is 0 Å². The molecule has 0 aromatic heterocycles. The van der Waals surface area contributed by atoms with Crippen molar-refractivity contribution in [1.82, 2.24) is 4.90 Å². The van der Waals surface area contributed by atoms with Crippen molar-refractivity contribution >= 4 is 11.6 Å². The topological polar surface area (TPSA) is 62.9 Å². The molecule has 3 N–H and O–H groups in total. The Labute approximate surface area is 145 Å². The summed E-state index contributed by atoms with van der Waals surface area (Å²) in [4.78, 5) is 7.07. The predicted molar refractivity (Wildman–Crippen MR) is 99.7 cm³/mol. The molecule has 1 unspecified atom stereocenters. The molecule has 0 spiro atoms. The van der Waals surface area contributed by atoms with Gasteiger partial charge in [-0.1, -0.05) is 12.1 Å². The number of fused-ring (bicyclic) bond motifs is 1. The third-order valence-corrected chi connectivity index (χ3v) is 5.21. The van der Waals surface area contributed by atoms with Crippen LogP contribution in [-0.2, 0) is 17.6 Å². The van der Waals surface area contributed by atoms with Crippen LogP contribution >= 0.6 is 0 Å². The molecule has 0 amide bonds. The van der Waals surface area contributed by atoms with Gasteiger partial charge >= 0.3 is 0 Å². The van der Waals surface area contributed by atoms with Crippen molar-refractivity contribution < 1.29 is 4.74 Å². The minimum absolute atomic E-state index is 0.491. The van der Waals surface area contributed by atoms with Gasteiger partial charge in [0.2, 0.25) is 0 Å². The molecular weight excluding hydrogens is 300 g/mol. The molecule has 1 atom stereocenters. The Morgan fingerprint density at radius 1 is 1.33 bits per heavy atom. The molecule has 1 aliphatic carbocycles. The Morgan fingerprint density at radius 3 is 3.08 bits per heavy atom. The second kappa shape index (κ2) is 8.49. The SMILES string of the molecule is COCCN1CCCC1CN=C(N)Nc1cccc2c1CCCC2. The fourth-order valence-corrected chi connectivity index (χ4v) is 3.88. The van der Waals surface area contributed by atoms with E-state index >= 15 is 0 Å². The molecule has 2 aliphatic rings. The normalized spacial score (nSPS) is 21.7. The number of guanidine groups is 1. The highest BCUT2D eigenvalue weighted by atomic mass is 16.5. The van der Waals surface area contributed by atoms with Gasteiger partial charge in [-0.2, -0.15) is 0 Å². The van der Waals surface area contributed by atoms with Crippen molar-refractivity contribution in [2.24, 2.45) is 10.7 Å². The zero-order valence-corrected chi connectivity index (χ0v) is 14.8. The number of hydrogen-bond donors (Lipinski definition) is 2. The highest BCUT2D eigenvalue weighted by Gasteiger charge is 2.23. The monoisotopic (exact) mass is 330 g/mol. The van der Waals surface area contributed by atoms with Gasteiger partial charge in [0.25, 0.3) is 0 Å². The van der Waals surface area contributed by atoms with Crippen LogP contribution in [0.5, 0.6) is 0 Å². The fraction of sp³-hybridized carbons (Fsp3) is 0.632. The van der Waals surface area contributed by atoms with Gasteiger partial charge in [-0.15, -0.1) is 0 Å². The lowest BCUT2D eigenvalue weighted by molar-refractivity contribution is 0.143. The summed E-state index contributed by atoms with van der Waals surface area (Å²) < 4.78 is 5.19. The Balaban J connectivity index is 1.59. The molecule has 1 saturated heterocycles. The number of nitrogens with zero attached hydrogens (tertiary/aromatic N) is 2. The van der Waals surface area contributed by atoms with E-state index < -0.39 is 0 Å². The number of nitrogens with two attached hydrogens (primary N) is 1. The molecule has 1 fully saturated rings. The van der Waals surface area contributed by atoms with Gasteiger partial charge in [0, 0.05) is 25.4 Å². The Hall–Kier alpha value is -1.59. The van der Waals surface area contributed by atoms with Gasteiger partial charge in [-0.05, 0) is 62.3 Å². The Morgan fingerprint density at radius 2 is 2.21 bits per heavy atom. The molecule has 1 heterocycles. The first kappa shape index (κ1) is 17.2. The van der Waals surface area contributed by atoms with E-state index in [1.54, 1.807) is 7.11 Å². The number of hydrogen-bond acceptors (Lipinski definition) is 3. The van der Waals surface area contributed by atoms with E-state index in [0.29, 0.717) is 12.0 Å². The summed E-state index contributed by atoms with van der Waals surface area (Å²) in [5.41, 5.74) is 10.2. The van der Waals surface area contributed by atoms with E-state index in [4.69, 9.17) is 10.5 Å². The molecule has 0 radical (unpaired) electrons.